The van der Waals surface area contributed by atoms with E-state index in [0.717, 1.165) is 22.6 Å². The van der Waals surface area contributed by atoms with Crippen LogP contribution in [0.15, 0.2) is 152 Å². The zero-order valence-corrected chi connectivity index (χ0v) is 28.4. The molecule has 0 unspecified atom stereocenters. The molecule has 0 fully saturated rings. The molecule has 2 aliphatic rings. The molecule has 5 heteroatoms. The molecule has 2 aliphatic heterocycles. The van der Waals surface area contributed by atoms with Crippen molar-refractivity contribution in [2.45, 2.75) is 38.5 Å². The van der Waals surface area contributed by atoms with Gasteiger partial charge in [-0.1, -0.05) is 119 Å². The summed E-state index contributed by atoms with van der Waals surface area (Å²) in [6.45, 7) is 9.20. The van der Waals surface area contributed by atoms with Crippen molar-refractivity contribution >= 4 is 45.5 Å². The van der Waals surface area contributed by atoms with Crippen molar-refractivity contribution in [3.05, 3.63) is 180 Å². The Morgan fingerprint density at radius 2 is 0.918 bits per heavy atom. The number of hydrazine groups is 1. The summed E-state index contributed by atoms with van der Waals surface area (Å²) in [7, 11) is 0. The van der Waals surface area contributed by atoms with Gasteiger partial charge in [-0.3, -0.25) is 5.01 Å². The van der Waals surface area contributed by atoms with Crippen LogP contribution in [0.25, 0.3) is 5.70 Å². The standard InChI is InChI=1S/C44H41N5/c1-43(2)34-16-5-9-20-39(34)48(40-21-10-6-17-35(40)43)31-26-24-30(25-27-31)38(45)29-47(46)32-14-13-15-33(28-32)49-41-22-11-7-18-36(41)44(3,4)37-19-8-12-23-42(37)49/h5-29H,45-46H2,1-4H3/b38-29-. The van der Waals surface area contributed by atoms with Gasteiger partial charge in [-0.25, -0.2) is 5.84 Å². The molecule has 5 nitrogen and oxygen atoms in total. The van der Waals surface area contributed by atoms with Crippen LogP contribution in [0.4, 0.5) is 39.8 Å². The molecule has 4 N–H and O–H groups in total. The largest absolute Gasteiger partial charge is 0.397 e. The molecule has 0 aliphatic carbocycles. The number of fused-ring (bicyclic) bond motifs is 4. The number of hydrogen-bond acceptors (Lipinski definition) is 5. The summed E-state index contributed by atoms with van der Waals surface area (Å²) in [5, 5.41) is 1.61. The average molecular weight is 640 g/mol. The molecule has 0 saturated heterocycles. The van der Waals surface area contributed by atoms with Crippen molar-refractivity contribution in [3.63, 3.8) is 0 Å². The van der Waals surface area contributed by atoms with Crippen LogP contribution in [0, 0.1) is 0 Å². The van der Waals surface area contributed by atoms with Crippen LogP contribution >= 0.6 is 0 Å². The quantitative estimate of drug-likeness (QED) is 0.145. The lowest BCUT2D eigenvalue weighted by molar-refractivity contribution is 0.631. The van der Waals surface area contributed by atoms with Gasteiger partial charge < -0.3 is 15.5 Å². The zero-order valence-electron chi connectivity index (χ0n) is 28.4. The summed E-state index contributed by atoms with van der Waals surface area (Å²) in [5.74, 6) is 6.69. The number of nitrogens with zero attached hydrogens (tertiary/aromatic N) is 3. The van der Waals surface area contributed by atoms with Crippen molar-refractivity contribution in [2.75, 3.05) is 14.8 Å². The molecule has 0 radical (unpaired) electrons. The number of nitrogens with two attached hydrogens (primary N) is 2. The van der Waals surface area contributed by atoms with Gasteiger partial charge in [0.1, 0.15) is 0 Å². The Morgan fingerprint density at radius 1 is 0.510 bits per heavy atom. The molecule has 0 bridgehead atoms. The van der Waals surface area contributed by atoms with E-state index in [-0.39, 0.29) is 10.8 Å². The van der Waals surface area contributed by atoms with Crippen molar-refractivity contribution in [1.29, 1.82) is 0 Å². The van der Waals surface area contributed by atoms with E-state index in [9.17, 15) is 0 Å². The summed E-state index contributed by atoms with van der Waals surface area (Å²) in [6, 6.07) is 51.4. The SMILES string of the molecule is CC1(C)c2ccccc2N(c2ccc(/C(N)=C/N(N)c3cccc(N4c5ccccc5C(C)(C)c5ccccc54)c3)cc2)c2ccccc21. The third-order valence-corrected chi connectivity index (χ3v) is 10.4. The topological polar surface area (TPSA) is 61.8 Å². The lowest BCUT2D eigenvalue weighted by Gasteiger charge is -2.42. The summed E-state index contributed by atoms with van der Waals surface area (Å²) < 4.78 is 0. The van der Waals surface area contributed by atoms with Gasteiger partial charge in [0.25, 0.3) is 0 Å². The molecular weight excluding hydrogens is 599 g/mol. The van der Waals surface area contributed by atoms with Gasteiger partial charge in [0.2, 0.25) is 0 Å². The van der Waals surface area contributed by atoms with Gasteiger partial charge in [0.05, 0.1) is 34.1 Å². The number of anilines is 7. The van der Waals surface area contributed by atoms with E-state index in [4.69, 9.17) is 11.6 Å². The zero-order chi connectivity index (χ0) is 33.9. The van der Waals surface area contributed by atoms with Crippen molar-refractivity contribution in [2.24, 2.45) is 11.6 Å². The normalized spacial score (nSPS) is 15.5. The molecule has 6 aromatic rings. The smallest absolute Gasteiger partial charge is 0.0590 e. The molecule has 0 amide bonds. The maximum atomic E-state index is 6.70. The first-order valence-corrected chi connectivity index (χ1v) is 16.9. The van der Waals surface area contributed by atoms with E-state index in [2.05, 4.69) is 171 Å². The van der Waals surface area contributed by atoms with Crippen molar-refractivity contribution < 1.29 is 0 Å². The first kappa shape index (κ1) is 30.5. The lowest BCUT2D eigenvalue weighted by Crippen LogP contribution is -2.30. The Labute approximate surface area is 289 Å². The molecule has 0 spiro atoms. The summed E-state index contributed by atoms with van der Waals surface area (Å²) in [4.78, 5) is 4.68. The van der Waals surface area contributed by atoms with Gasteiger partial charge in [0.15, 0.2) is 0 Å². The minimum atomic E-state index is -0.120. The van der Waals surface area contributed by atoms with Crippen LogP contribution in [0.2, 0.25) is 0 Å². The van der Waals surface area contributed by atoms with Crippen molar-refractivity contribution in [1.82, 2.24) is 0 Å². The van der Waals surface area contributed by atoms with E-state index >= 15 is 0 Å². The van der Waals surface area contributed by atoms with E-state index in [1.54, 1.807) is 11.2 Å². The fraction of sp³-hybridized carbons (Fsp3) is 0.136. The molecule has 242 valence electrons. The maximum Gasteiger partial charge on any atom is 0.0590 e. The van der Waals surface area contributed by atoms with Crippen molar-refractivity contribution in [3.8, 4) is 0 Å². The van der Waals surface area contributed by atoms with Gasteiger partial charge in [0, 0.05) is 28.4 Å². The highest BCUT2D eigenvalue weighted by Crippen LogP contribution is 2.53. The Balaban J connectivity index is 1.10. The lowest BCUT2D eigenvalue weighted by atomic mass is 9.73. The van der Waals surface area contributed by atoms with Crippen LogP contribution in [0.1, 0.15) is 55.5 Å². The van der Waals surface area contributed by atoms with Crippen LogP contribution in [-0.2, 0) is 10.8 Å². The van der Waals surface area contributed by atoms with E-state index < -0.39 is 0 Å². The molecule has 6 aromatic carbocycles. The van der Waals surface area contributed by atoms with E-state index in [1.165, 1.54) is 45.0 Å². The Kier molecular flexibility index (Phi) is 7.13. The van der Waals surface area contributed by atoms with E-state index in [1.807, 2.05) is 12.1 Å². The third kappa shape index (κ3) is 4.89. The molecule has 8 rings (SSSR count). The van der Waals surface area contributed by atoms with Gasteiger partial charge in [-0.2, -0.15) is 0 Å². The fourth-order valence-corrected chi connectivity index (χ4v) is 7.79. The Hall–Kier alpha value is -5.78. The highest BCUT2D eigenvalue weighted by atomic mass is 15.4. The average Bonchev–Trinajstić information content (AvgIpc) is 3.12. The first-order valence-electron chi connectivity index (χ1n) is 16.9. The van der Waals surface area contributed by atoms with E-state index in [0.29, 0.717) is 5.70 Å². The maximum absolute atomic E-state index is 6.70. The Morgan fingerprint density at radius 3 is 1.37 bits per heavy atom. The highest BCUT2D eigenvalue weighted by Gasteiger charge is 2.37. The van der Waals surface area contributed by atoms with Crippen LogP contribution < -0.4 is 26.4 Å². The molecule has 0 atom stereocenters. The molecule has 0 aromatic heterocycles. The summed E-state index contributed by atoms with van der Waals surface area (Å²) >= 11 is 0. The summed E-state index contributed by atoms with van der Waals surface area (Å²) in [6.07, 6.45) is 1.79. The monoisotopic (exact) mass is 639 g/mol. The predicted molar refractivity (Wildman–Crippen MR) is 205 cm³/mol. The molecule has 0 saturated carbocycles. The number of hydrogen-bond donors (Lipinski definition) is 2. The number of benzene rings is 6. The predicted octanol–water partition coefficient (Wildman–Crippen LogP) is 10.5. The van der Waals surface area contributed by atoms with Crippen LogP contribution in [0.5, 0.6) is 0 Å². The van der Waals surface area contributed by atoms with Gasteiger partial charge >= 0.3 is 0 Å². The minimum Gasteiger partial charge on any atom is -0.397 e. The Bertz CT molecular complexity index is 2130. The summed E-state index contributed by atoms with van der Waals surface area (Å²) in [5.41, 5.74) is 20.8. The van der Waals surface area contributed by atoms with Crippen LogP contribution in [0.3, 0.4) is 0 Å². The number of rotatable bonds is 5. The van der Waals surface area contributed by atoms with Gasteiger partial charge in [-0.15, -0.1) is 0 Å². The van der Waals surface area contributed by atoms with Crippen LogP contribution in [-0.4, -0.2) is 0 Å². The second-order valence-corrected chi connectivity index (χ2v) is 14.0. The molecule has 2 heterocycles. The fourth-order valence-electron chi connectivity index (χ4n) is 7.79. The molecular formula is C44H41N5. The second kappa shape index (κ2) is 11.4. The number of para-hydroxylation sites is 4. The third-order valence-electron chi connectivity index (χ3n) is 10.4. The highest BCUT2D eigenvalue weighted by molar-refractivity contribution is 5.88. The molecule has 49 heavy (non-hydrogen) atoms. The minimum absolute atomic E-state index is 0.101. The second-order valence-electron chi connectivity index (χ2n) is 14.0. The first-order chi connectivity index (χ1) is 23.7. The van der Waals surface area contributed by atoms with Gasteiger partial charge in [-0.05, 0) is 82.4 Å².